The Hall–Kier alpha value is -1.85. The summed E-state index contributed by atoms with van der Waals surface area (Å²) in [5, 5.41) is 1.04. The van der Waals surface area contributed by atoms with Crippen molar-refractivity contribution >= 4 is 16.8 Å². The van der Waals surface area contributed by atoms with Crippen molar-refractivity contribution in [3.8, 4) is 0 Å². The Balaban J connectivity index is 1.82. The number of fused-ring (bicyclic) bond motifs is 1. The van der Waals surface area contributed by atoms with Crippen LogP contribution in [0.3, 0.4) is 0 Å². The highest BCUT2D eigenvalue weighted by Crippen LogP contribution is 2.24. The first kappa shape index (κ1) is 17.0. The van der Waals surface area contributed by atoms with Crippen LogP contribution in [-0.4, -0.2) is 67.2 Å². The first-order chi connectivity index (χ1) is 11.6. The first-order valence-corrected chi connectivity index (χ1v) is 8.64. The van der Waals surface area contributed by atoms with E-state index in [0.29, 0.717) is 12.6 Å². The molecule has 1 aromatic heterocycles. The van der Waals surface area contributed by atoms with Gasteiger partial charge < -0.3 is 19.1 Å². The molecule has 0 radical (unpaired) electrons. The number of methoxy groups -OCH3 is 1. The molecule has 0 N–H and O–H groups in total. The molecule has 24 heavy (non-hydrogen) atoms. The highest BCUT2D eigenvalue weighted by atomic mass is 16.5. The minimum Gasteiger partial charge on any atom is -0.383 e. The predicted molar refractivity (Wildman–Crippen MR) is 96.4 cm³/mol. The summed E-state index contributed by atoms with van der Waals surface area (Å²) in [7, 11) is 5.93. The van der Waals surface area contributed by atoms with E-state index < -0.39 is 0 Å². The van der Waals surface area contributed by atoms with E-state index in [1.807, 2.05) is 29.3 Å². The molecular formula is C19H27N3O2. The summed E-state index contributed by atoms with van der Waals surface area (Å²) in [6, 6.07) is 8.70. The van der Waals surface area contributed by atoms with E-state index in [4.69, 9.17) is 4.74 Å². The average molecular weight is 329 g/mol. The van der Waals surface area contributed by atoms with Gasteiger partial charge in [0.2, 0.25) is 0 Å². The lowest BCUT2D eigenvalue weighted by atomic mass is 10.0. The van der Waals surface area contributed by atoms with Crippen LogP contribution < -0.4 is 0 Å². The molecule has 0 aliphatic carbocycles. The summed E-state index contributed by atoms with van der Waals surface area (Å²) in [5.41, 5.74) is 1.91. The number of ether oxygens (including phenoxy) is 1. The van der Waals surface area contributed by atoms with Gasteiger partial charge in [-0.2, -0.15) is 0 Å². The second kappa shape index (κ2) is 7.36. The van der Waals surface area contributed by atoms with Crippen molar-refractivity contribution in [3.63, 3.8) is 0 Å². The van der Waals surface area contributed by atoms with E-state index in [9.17, 15) is 4.79 Å². The van der Waals surface area contributed by atoms with Crippen molar-refractivity contribution in [2.75, 3.05) is 40.9 Å². The molecule has 1 amide bonds. The number of hydrogen-bond donors (Lipinski definition) is 0. The quantitative estimate of drug-likeness (QED) is 0.846. The van der Waals surface area contributed by atoms with Gasteiger partial charge in [-0.05, 0) is 33.0 Å². The van der Waals surface area contributed by atoms with Gasteiger partial charge in [0.25, 0.3) is 5.91 Å². The summed E-state index contributed by atoms with van der Waals surface area (Å²) in [5.74, 6) is 0.152. The van der Waals surface area contributed by atoms with Gasteiger partial charge in [0, 0.05) is 49.9 Å². The highest BCUT2D eigenvalue weighted by Gasteiger charge is 2.26. The number of benzene rings is 1. The maximum atomic E-state index is 13.0. The predicted octanol–water partition coefficient (Wildman–Crippen LogP) is 2.45. The van der Waals surface area contributed by atoms with Crippen molar-refractivity contribution in [1.29, 1.82) is 0 Å². The molecule has 1 saturated heterocycles. The Morgan fingerprint density at radius 2 is 1.96 bits per heavy atom. The number of rotatable bonds is 5. The fourth-order valence-electron chi connectivity index (χ4n) is 3.55. The van der Waals surface area contributed by atoms with Gasteiger partial charge in [-0.15, -0.1) is 0 Å². The molecule has 0 spiro atoms. The third-order valence-electron chi connectivity index (χ3n) is 5.04. The van der Waals surface area contributed by atoms with Gasteiger partial charge in [0.15, 0.2) is 0 Å². The summed E-state index contributed by atoms with van der Waals surface area (Å²) in [6.45, 7) is 3.06. The Kier molecular flexibility index (Phi) is 5.21. The number of para-hydroxylation sites is 1. The maximum absolute atomic E-state index is 13.0. The van der Waals surface area contributed by atoms with Gasteiger partial charge in [-0.25, -0.2) is 0 Å². The largest absolute Gasteiger partial charge is 0.383 e. The molecule has 2 heterocycles. The number of piperidine rings is 1. The van der Waals surface area contributed by atoms with Crippen LogP contribution in [0.4, 0.5) is 0 Å². The molecule has 130 valence electrons. The third kappa shape index (κ3) is 3.32. The van der Waals surface area contributed by atoms with Crippen LogP contribution in [0.1, 0.15) is 23.2 Å². The average Bonchev–Trinajstić information content (AvgIpc) is 2.98. The first-order valence-electron chi connectivity index (χ1n) is 8.64. The van der Waals surface area contributed by atoms with Crippen LogP contribution in [0.2, 0.25) is 0 Å². The second-order valence-electron chi connectivity index (χ2n) is 6.73. The smallest absolute Gasteiger partial charge is 0.256 e. The SMILES string of the molecule is COCCn1cc(C(=O)N2CCC(N(C)C)CC2)c2ccccc21. The van der Waals surface area contributed by atoms with Gasteiger partial charge in [-0.3, -0.25) is 4.79 Å². The number of carbonyl (C=O) groups excluding carboxylic acids is 1. The minimum atomic E-state index is 0.152. The number of likely N-dealkylation sites (tertiary alicyclic amines) is 1. The molecule has 5 heteroatoms. The van der Waals surface area contributed by atoms with Crippen LogP contribution in [0.25, 0.3) is 10.9 Å². The normalized spacial score (nSPS) is 16.2. The number of hydrogen-bond acceptors (Lipinski definition) is 3. The Labute approximate surface area is 143 Å². The lowest BCUT2D eigenvalue weighted by Gasteiger charge is -2.35. The van der Waals surface area contributed by atoms with E-state index in [-0.39, 0.29) is 5.91 Å². The summed E-state index contributed by atoms with van der Waals surface area (Å²) >= 11 is 0. The maximum Gasteiger partial charge on any atom is 0.256 e. The Morgan fingerprint density at radius 1 is 1.25 bits per heavy atom. The van der Waals surface area contributed by atoms with Crippen molar-refractivity contribution in [2.24, 2.45) is 0 Å². The van der Waals surface area contributed by atoms with Crippen molar-refractivity contribution in [3.05, 3.63) is 36.0 Å². The molecular weight excluding hydrogens is 302 g/mol. The van der Waals surface area contributed by atoms with Crippen LogP contribution in [0, 0.1) is 0 Å². The topological polar surface area (TPSA) is 37.7 Å². The van der Waals surface area contributed by atoms with E-state index in [2.05, 4.69) is 29.6 Å². The third-order valence-corrected chi connectivity index (χ3v) is 5.04. The van der Waals surface area contributed by atoms with E-state index in [1.54, 1.807) is 7.11 Å². The van der Waals surface area contributed by atoms with Crippen molar-refractivity contribution < 1.29 is 9.53 Å². The zero-order chi connectivity index (χ0) is 17.1. The number of amides is 1. The standard InChI is InChI=1S/C19H27N3O2/c1-20(2)15-8-10-21(11-9-15)19(23)17-14-22(12-13-24-3)18-7-5-4-6-16(17)18/h4-7,14-15H,8-13H2,1-3H3. The van der Waals surface area contributed by atoms with E-state index in [1.165, 1.54) is 0 Å². The molecule has 3 rings (SSSR count). The van der Waals surface area contributed by atoms with Crippen LogP contribution >= 0.6 is 0 Å². The van der Waals surface area contributed by atoms with Gasteiger partial charge in [-0.1, -0.05) is 18.2 Å². The second-order valence-corrected chi connectivity index (χ2v) is 6.73. The highest BCUT2D eigenvalue weighted by molar-refractivity contribution is 6.07. The fourth-order valence-corrected chi connectivity index (χ4v) is 3.55. The lowest BCUT2D eigenvalue weighted by molar-refractivity contribution is 0.0665. The molecule has 0 bridgehead atoms. The summed E-state index contributed by atoms with van der Waals surface area (Å²) in [6.07, 6.45) is 4.08. The molecule has 1 fully saturated rings. The molecule has 0 saturated carbocycles. The molecule has 1 aliphatic rings. The van der Waals surface area contributed by atoms with Gasteiger partial charge in [0.05, 0.1) is 12.2 Å². The van der Waals surface area contributed by atoms with Crippen LogP contribution in [0.15, 0.2) is 30.5 Å². The number of nitrogens with zero attached hydrogens (tertiary/aromatic N) is 3. The van der Waals surface area contributed by atoms with Gasteiger partial charge in [0.1, 0.15) is 0 Å². The van der Waals surface area contributed by atoms with Crippen molar-refractivity contribution in [2.45, 2.75) is 25.4 Å². The molecule has 0 atom stereocenters. The monoisotopic (exact) mass is 329 g/mol. The molecule has 2 aromatic rings. The van der Waals surface area contributed by atoms with E-state index >= 15 is 0 Å². The Bertz CT molecular complexity index is 700. The Morgan fingerprint density at radius 3 is 2.62 bits per heavy atom. The van der Waals surface area contributed by atoms with Gasteiger partial charge >= 0.3 is 0 Å². The zero-order valence-electron chi connectivity index (χ0n) is 14.9. The molecule has 0 unspecified atom stereocenters. The molecule has 1 aromatic carbocycles. The van der Waals surface area contributed by atoms with Crippen molar-refractivity contribution in [1.82, 2.24) is 14.4 Å². The van der Waals surface area contributed by atoms with E-state index in [0.717, 1.165) is 48.9 Å². The van der Waals surface area contributed by atoms with Crippen LogP contribution in [0.5, 0.6) is 0 Å². The van der Waals surface area contributed by atoms with Crippen LogP contribution in [-0.2, 0) is 11.3 Å². The molecule has 5 nitrogen and oxygen atoms in total. The zero-order valence-corrected chi connectivity index (χ0v) is 14.9. The lowest BCUT2D eigenvalue weighted by Crippen LogP contribution is -2.44. The fraction of sp³-hybridized carbons (Fsp3) is 0.526. The number of carbonyl (C=O) groups is 1. The number of aromatic nitrogens is 1. The summed E-state index contributed by atoms with van der Waals surface area (Å²) in [4.78, 5) is 17.3. The minimum absolute atomic E-state index is 0.152. The summed E-state index contributed by atoms with van der Waals surface area (Å²) < 4.78 is 7.32. The molecule has 1 aliphatic heterocycles.